The van der Waals surface area contributed by atoms with Crippen LogP contribution in [0.1, 0.15) is 34.5 Å². The number of amides is 1. The van der Waals surface area contributed by atoms with Gasteiger partial charge < -0.3 is 10.1 Å². The molecule has 0 unspecified atom stereocenters. The minimum absolute atomic E-state index is 0.204. The number of carbonyl (C=O) groups is 1. The number of hydrogen-bond acceptors (Lipinski definition) is 7. The maximum atomic E-state index is 12.4. The normalized spacial score (nSPS) is 10.7. The Hall–Kier alpha value is -3.23. The number of benzene rings is 1. The van der Waals surface area contributed by atoms with Gasteiger partial charge in [0.1, 0.15) is 22.8 Å². The van der Waals surface area contributed by atoms with E-state index in [1.165, 1.54) is 0 Å². The quantitative estimate of drug-likeness (QED) is 0.724. The van der Waals surface area contributed by atoms with Gasteiger partial charge in [-0.15, -0.1) is 5.10 Å². The van der Waals surface area contributed by atoms with Crippen LogP contribution in [0.5, 0.6) is 5.75 Å². The molecule has 9 heteroatoms. The number of aryl methyl sites for hydroxylation is 1. The molecule has 1 N–H and O–H groups in total. The second-order valence-electron chi connectivity index (χ2n) is 5.32. The summed E-state index contributed by atoms with van der Waals surface area (Å²) in [5, 5.41) is 18.2. The summed E-state index contributed by atoms with van der Waals surface area (Å²) in [4.78, 5) is 12.4. The Morgan fingerprint density at radius 3 is 2.80 bits per heavy atom. The van der Waals surface area contributed by atoms with Crippen molar-refractivity contribution in [1.29, 1.82) is 0 Å². The van der Waals surface area contributed by atoms with E-state index in [2.05, 4.69) is 30.6 Å². The first kappa shape index (κ1) is 16.6. The van der Waals surface area contributed by atoms with E-state index >= 15 is 0 Å². The fraction of sp³-hybridized carbons (Fsp3) is 0.312. The molecule has 0 aliphatic rings. The molecule has 3 rings (SSSR count). The smallest absolute Gasteiger partial charge is 0.274 e. The molecule has 130 valence electrons. The van der Waals surface area contributed by atoms with Crippen LogP contribution in [0.15, 0.2) is 28.9 Å². The SMILES string of the molecule is CCOc1ccccc1-n1nnc(C(=O)NCc2nonc2C)c1C. The first-order chi connectivity index (χ1) is 12.1. The summed E-state index contributed by atoms with van der Waals surface area (Å²) in [6.45, 7) is 6.18. The number of nitrogens with one attached hydrogen (secondary N) is 1. The van der Waals surface area contributed by atoms with Gasteiger partial charge in [-0.25, -0.2) is 9.31 Å². The average Bonchev–Trinajstić information content (AvgIpc) is 3.19. The van der Waals surface area contributed by atoms with Gasteiger partial charge in [0.2, 0.25) is 0 Å². The molecule has 1 amide bonds. The maximum absolute atomic E-state index is 12.4. The second-order valence-corrected chi connectivity index (χ2v) is 5.32. The molecular formula is C16H18N6O3. The molecule has 0 saturated heterocycles. The third-order valence-corrected chi connectivity index (χ3v) is 3.67. The number of rotatable bonds is 6. The number of carbonyl (C=O) groups excluding carboxylic acids is 1. The molecule has 0 radical (unpaired) electrons. The summed E-state index contributed by atoms with van der Waals surface area (Å²) in [6.07, 6.45) is 0. The molecule has 2 heterocycles. The van der Waals surface area contributed by atoms with Gasteiger partial charge in [-0.3, -0.25) is 4.79 Å². The lowest BCUT2D eigenvalue weighted by Gasteiger charge is -2.10. The maximum Gasteiger partial charge on any atom is 0.274 e. The van der Waals surface area contributed by atoms with Gasteiger partial charge in [0.25, 0.3) is 5.91 Å². The Bertz CT molecular complexity index is 886. The number of hydrogen-bond donors (Lipinski definition) is 1. The predicted molar refractivity (Wildman–Crippen MR) is 87.5 cm³/mol. The lowest BCUT2D eigenvalue weighted by Crippen LogP contribution is -2.24. The molecule has 9 nitrogen and oxygen atoms in total. The van der Waals surface area contributed by atoms with Gasteiger partial charge in [0.05, 0.1) is 18.8 Å². The average molecular weight is 342 g/mol. The van der Waals surface area contributed by atoms with E-state index in [9.17, 15) is 4.79 Å². The highest BCUT2D eigenvalue weighted by Crippen LogP contribution is 2.23. The third kappa shape index (κ3) is 3.35. The van der Waals surface area contributed by atoms with Crippen LogP contribution in [0, 0.1) is 13.8 Å². The molecule has 0 atom stereocenters. The fourth-order valence-electron chi connectivity index (χ4n) is 2.34. The Morgan fingerprint density at radius 1 is 1.28 bits per heavy atom. The number of ether oxygens (including phenoxy) is 1. The monoisotopic (exact) mass is 342 g/mol. The number of aromatic nitrogens is 5. The van der Waals surface area contributed by atoms with Crippen molar-refractivity contribution in [3.05, 3.63) is 47.0 Å². The van der Waals surface area contributed by atoms with Crippen molar-refractivity contribution in [2.75, 3.05) is 6.61 Å². The molecule has 0 saturated carbocycles. The van der Waals surface area contributed by atoms with Gasteiger partial charge in [0, 0.05) is 0 Å². The summed E-state index contributed by atoms with van der Waals surface area (Å²) in [7, 11) is 0. The zero-order valence-corrected chi connectivity index (χ0v) is 14.2. The van der Waals surface area contributed by atoms with Gasteiger partial charge in [-0.05, 0) is 32.9 Å². The highest BCUT2D eigenvalue weighted by atomic mass is 16.6. The molecule has 0 bridgehead atoms. The molecule has 25 heavy (non-hydrogen) atoms. The summed E-state index contributed by atoms with van der Waals surface area (Å²) in [5.74, 6) is 0.328. The van der Waals surface area contributed by atoms with Crippen molar-refractivity contribution in [2.24, 2.45) is 0 Å². The van der Waals surface area contributed by atoms with Crippen LogP contribution in [0.4, 0.5) is 0 Å². The van der Waals surface area contributed by atoms with Crippen LogP contribution in [-0.2, 0) is 6.54 Å². The molecular weight excluding hydrogens is 324 g/mol. The Labute approximate surface area is 143 Å². The van der Waals surface area contributed by atoms with Crippen molar-refractivity contribution in [1.82, 2.24) is 30.6 Å². The highest BCUT2D eigenvalue weighted by molar-refractivity contribution is 5.93. The Morgan fingerprint density at radius 2 is 2.08 bits per heavy atom. The zero-order chi connectivity index (χ0) is 17.8. The first-order valence-corrected chi connectivity index (χ1v) is 7.82. The molecule has 0 spiro atoms. The lowest BCUT2D eigenvalue weighted by atomic mass is 10.2. The standard InChI is InChI=1S/C16H18N6O3/c1-4-24-14-8-6-5-7-13(14)22-11(3)15(18-21-22)16(23)17-9-12-10(2)19-25-20-12/h5-8H,4,9H2,1-3H3,(H,17,23). The van der Waals surface area contributed by atoms with Crippen molar-refractivity contribution in [3.8, 4) is 11.4 Å². The molecule has 2 aromatic heterocycles. The van der Waals surface area contributed by atoms with Gasteiger partial charge >= 0.3 is 0 Å². The van der Waals surface area contributed by atoms with Crippen molar-refractivity contribution >= 4 is 5.91 Å². The largest absolute Gasteiger partial charge is 0.492 e. The van der Waals surface area contributed by atoms with E-state index < -0.39 is 0 Å². The van der Waals surface area contributed by atoms with Crippen LogP contribution in [-0.4, -0.2) is 37.8 Å². The van der Waals surface area contributed by atoms with E-state index in [-0.39, 0.29) is 18.1 Å². The van der Waals surface area contributed by atoms with Crippen molar-refractivity contribution in [2.45, 2.75) is 27.3 Å². The zero-order valence-electron chi connectivity index (χ0n) is 14.2. The number of para-hydroxylation sites is 2. The summed E-state index contributed by atoms with van der Waals surface area (Å²) >= 11 is 0. The fourth-order valence-corrected chi connectivity index (χ4v) is 2.34. The molecule has 0 fully saturated rings. The first-order valence-electron chi connectivity index (χ1n) is 7.82. The molecule has 0 aliphatic heterocycles. The van der Waals surface area contributed by atoms with Crippen LogP contribution >= 0.6 is 0 Å². The van der Waals surface area contributed by atoms with Crippen LogP contribution in [0.3, 0.4) is 0 Å². The van der Waals surface area contributed by atoms with Gasteiger partial charge in [-0.2, -0.15) is 0 Å². The van der Waals surface area contributed by atoms with Gasteiger partial charge in [-0.1, -0.05) is 27.7 Å². The Balaban J connectivity index is 1.81. The topological polar surface area (TPSA) is 108 Å². The Kier molecular flexibility index (Phi) is 4.73. The van der Waals surface area contributed by atoms with E-state index in [0.29, 0.717) is 29.4 Å². The van der Waals surface area contributed by atoms with Crippen LogP contribution < -0.4 is 10.1 Å². The van der Waals surface area contributed by atoms with Crippen molar-refractivity contribution in [3.63, 3.8) is 0 Å². The van der Waals surface area contributed by atoms with E-state index in [1.807, 2.05) is 31.2 Å². The summed E-state index contributed by atoms with van der Waals surface area (Å²) < 4.78 is 11.8. The van der Waals surface area contributed by atoms with Crippen LogP contribution in [0.2, 0.25) is 0 Å². The third-order valence-electron chi connectivity index (χ3n) is 3.67. The highest BCUT2D eigenvalue weighted by Gasteiger charge is 2.19. The van der Waals surface area contributed by atoms with Crippen molar-refractivity contribution < 1.29 is 14.2 Å². The summed E-state index contributed by atoms with van der Waals surface area (Å²) in [6, 6.07) is 7.46. The van der Waals surface area contributed by atoms with E-state index in [0.717, 1.165) is 5.69 Å². The number of nitrogens with zero attached hydrogens (tertiary/aromatic N) is 5. The van der Waals surface area contributed by atoms with Crippen LogP contribution in [0.25, 0.3) is 5.69 Å². The van der Waals surface area contributed by atoms with Gasteiger partial charge in [0.15, 0.2) is 5.69 Å². The predicted octanol–water partition coefficient (Wildman–Crippen LogP) is 1.60. The summed E-state index contributed by atoms with van der Waals surface area (Å²) in [5.41, 5.74) is 2.77. The molecule has 3 aromatic rings. The van der Waals surface area contributed by atoms with E-state index in [1.54, 1.807) is 18.5 Å². The van der Waals surface area contributed by atoms with E-state index in [4.69, 9.17) is 4.74 Å². The second kappa shape index (κ2) is 7.12. The minimum Gasteiger partial charge on any atom is -0.492 e. The molecule has 0 aliphatic carbocycles. The lowest BCUT2D eigenvalue weighted by molar-refractivity contribution is 0.0944. The molecule has 1 aromatic carbocycles. The minimum atomic E-state index is -0.347.